The van der Waals surface area contributed by atoms with E-state index in [1.165, 1.54) is 11.6 Å². The van der Waals surface area contributed by atoms with Crippen molar-refractivity contribution < 1.29 is 8.78 Å². The minimum Gasteiger partial charge on any atom is -0.164 e. The third kappa shape index (κ3) is 2.54. The van der Waals surface area contributed by atoms with Crippen LogP contribution >= 0.6 is 0 Å². The van der Waals surface area contributed by atoms with Crippen LogP contribution in [0.4, 0.5) is 8.78 Å². The highest BCUT2D eigenvalue weighted by atomic mass is 19.3. The number of halogens is 2. The second-order valence-electron chi connectivity index (χ2n) is 4.45. The summed E-state index contributed by atoms with van der Waals surface area (Å²) in [7, 11) is 0. The van der Waals surface area contributed by atoms with Gasteiger partial charge in [-0.2, -0.15) is 8.78 Å². The first-order valence-electron chi connectivity index (χ1n) is 5.63. The SMILES string of the molecule is Cc1ccc(C2(C=C=C(F)F)CC=CC2)cc1. The van der Waals surface area contributed by atoms with Gasteiger partial charge in [0.2, 0.25) is 0 Å². The van der Waals surface area contributed by atoms with E-state index in [0.29, 0.717) is 0 Å². The van der Waals surface area contributed by atoms with Crippen molar-refractivity contribution in [3.63, 3.8) is 0 Å². The summed E-state index contributed by atoms with van der Waals surface area (Å²) in [5.74, 6) is 0. The fourth-order valence-electron chi connectivity index (χ4n) is 2.19. The number of benzene rings is 1. The average molecular weight is 232 g/mol. The number of hydrogen-bond donors (Lipinski definition) is 0. The maximum absolute atomic E-state index is 12.2. The molecule has 0 unspecified atom stereocenters. The highest BCUT2D eigenvalue weighted by Crippen LogP contribution is 2.38. The topological polar surface area (TPSA) is 0 Å². The molecule has 0 N–H and O–H groups in total. The van der Waals surface area contributed by atoms with E-state index in [-0.39, 0.29) is 5.41 Å². The number of hydrogen-bond acceptors (Lipinski definition) is 0. The molecular formula is C15H14F2. The second kappa shape index (κ2) is 4.68. The Hall–Kier alpha value is -1.66. The van der Waals surface area contributed by atoms with Crippen molar-refractivity contribution in [3.8, 4) is 0 Å². The zero-order valence-corrected chi connectivity index (χ0v) is 9.71. The molecule has 17 heavy (non-hydrogen) atoms. The van der Waals surface area contributed by atoms with Crippen LogP contribution in [0.1, 0.15) is 24.0 Å². The number of allylic oxidation sites excluding steroid dienone is 3. The fourth-order valence-corrected chi connectivity index (χ4v) is 2.19. The lowest BCUT2D eigenvalue weighted by atomic mass is 9.78. The normalized spacial score (nSPS) is 16.6. The Labute approximate surface area is 100.0 Å². The Morgan fingerprint density at radius 1 is 1.18 bits per heavy atom. The van der Waals surface area contributed by atoms with E-state index in [4.69, 9.17) is 0 Å². The summed E-state index contributed by atoms with van der Waals surface area (Å²) in [6.07, 6.45) is 5.34. The first kappa shape index (κ1) is 11.8. The maximum atomic E-state index is 12.2. The van der Waals surface area contributed by atoms with E-state index in [9.17, 15) is 8.78 Å². The quantitative estimate of drug-likeness (QED) is 0.519. The Morgan fingerprint density at radius 2 is 1.76 bits per heavy atom. The van der Waals surface area contributed by atoms with E-state index >= 15 is 0 Å². The zero-order valence-electron chi connectivity index (χ0n) is 9.71. The zero-order chi connectivity index (χ0) is 12.3. The van der Waals surface area contributed by atoms with Crippen LogP contribution in [0.2, 0.25) is 0 Å². The highest BCUT2D eigenvalue weighted by Gasteiger charge is 2.30. The molecule has 1 aliphatic rings. The van der Waals surface area contributed by atoms with Crippen LogP contribution in [0.3, 0.4) is 0 Å². The van der Waals surface area contributed by atoms with E-state index in [0.717, 1.165) is 18.4 Å². The lowest BCUT2D eigenvalue weighted by molar-refractivity contribution is 0.422. The highest BCUT2D eigenvalue weighted by molar-refractivity contribution is 5.37. The Morgan fingerprint density at radius 3 is 2.29 bits per heavy atom. The van der Waals surface area contributed by atoms with Crippen molar-refractivity contribution in [3.05, 3.63) is 65.4 Å². The molecule has 0 aromatic heterocycles. The van der Waals surface area contributed by atoms with Gasteiger partial charge in [0.15, 0.2) is 0 Å². The molecular weight excluding hydrogens is 218 g/mol. The molecule has 1 aromatic rings. The monoisotopic (exact) mass is 232 g/mol. The summed E-state index contributed by atoms with van der Waals surface area (Å²) >= 11 is 0. The van der Waals surface area contributed by atoms with Crippen molar-refractivity contribution in [2.24, 2.45) is 0 Å². The number of aryl methyl sites for hydroxylation is 1. The van der Waals surface area contributed by atoms with Crippen molar-refractivity contribution in [1.29, 1.82) is 0 Å². The first-order chi connectivity index (χ1) is 8.12. The molecule has 0 fully saturated rings. The minimum atomic E-state index is -1.76. The number of rotatable bonds is 2. The minimum absolute atomic E-state index is 0.336. The molecule has 0 aliphatic heterocycles. The molecule has 2 rings (SSSR count). The smallest absolute Gasteiger partial charge is 0.164 e. The van der Waals surface area contributed by atoms with Crippen LogP contribution in [-0.4, -0.2) is 0 Å². The molecule has 1 aliphatic carbocycles. The molecule has 0 heterocycles. The fraction of sp³-hybridized carbons (Fsp3) is 0.267. The summed E-state index contributed by atoms with van der Waals surface area (Å²) < 4.78 is 24.4. The Kier molecular flexibility index (Phi) is 3.26. The predicted octanol–water partition coefficient (Wildman–Crippen LogP) is 4.52. The molecule has 0 nitrogen and oxygen atoms in total. The second-order valence-corrected chi connectivity index (χ2v) is 4.45. The molecule has 88 valence electrons. The first-order valence-corrected chi connectivity index (χ1v) is 5.63. The third-order valence-electron chi connectivity index (χ3n) is 3.21. The van der Waals surface area contributed by atoms with Gasteiger partial charge < -0.3 is 0 Å². The summed E-state index contributed by atoms with van der Waals surface area (Å²) in [5, 5.41) is 0. The molecule has 0 saturated heterocycles. The maximum Gasteiger partial charge on any atom is 0.312 e. The van der Waals surface area contributed by atoms with Gasteiger partial charge in [-0.05, 0) is 31.4 Å². The molecule has 0 radical (unpaired) electrons. The molecule has 0 bridgehead atoms. The van der Waals surface area contributed by atoms with E-state index < -0.39 is 6.08 Å². The Balaban J connectivity index is 2.42. The van der Waals surface area contributed by atoms with Gasteiger partial charge in [-0.3, -0.25) is 0 Å². The molecule has 0 amide bonds. The van der Waals surface area contributed by atoms with Crippen LogP contribution < -0.4 is 0 Å². The van der Waals surface area contributed by atoms with Gasteiger partial charge in [0.25, 0.3) is 0 Å². The van der Waals surface area contributed by atoms with E-state index in [2.05, 4.69) is 5.73 Å². The van der Waals surface area contributed by atoms with Crippen LogP contribution in [0.15, 0.2) is 54.3 Å². The van der Waals surface area contributed by atoms with Crippen molar-refractivity contribution in [2.45, 2.75) is 25.2 Å². The van der Waals surface area contributed by atoms with Gasteiger partial charge in [-0.15, -0.1) is 0 Å². The van der Waals surface area contributed by atoms with Crippen molar-refractivity contribution in [2.75, 3.05) is 0 Å². The molecule has 0 saturated carbocycles. The largest absolute Gasteiger partial charge is 0.312 e. The van der Waals surface area contributed by atoms with Crippen LogP contribution in [-0.2, 0) is 5.41 Å². The van der Waals surface area contributed by atoms with Gasteiger partial charge in [0.1, 0.15) is 0 Å². The summed E-state index contributed by atoms with van der Waals surface area (Å²) in [5.41, 5.74) is 3.97. The van der Waals surface area contributed by atoms with E-state index in [1.807, 2.05) is 43.3 Å². The molecule has 1 aromatic carbocycles. The molecule has 0 spiro atoms. The standard InChI is InChI=1S/C15H14F2/c1-12-4-6-13(7-5-12)15(9-2-3-10-15)11-8-14(16)17/h2-7,11H,9-10H2,1H3. The average Bonchev–Trinajstić information content (AvgIpc) is 2.77. The molecule has 2 heteroatoms. The van der Waals surface area contributed by atoms with Crippen LogP contribution in [0.25, 0.3) is 0 Å². The Bertz CT molecular complexity index is 476. The summed E-state index contributed by atoms with van der Waals surface area (Å²) in [6.45, 7) is 2.01. The van der Waals surface area contributed by atoms with Crippen molar-refractivity contribution >= 4 is 0 Å². The van der Waals surface area contributed by atoms with Gasteiger partial charge >= 0.3 is 6.08 Å². The van der Waals surface area contributed by atoms with Gasteiger partial charge in [0, 0.05) is 5.41 Å². The van der Waals surface area contributed by atoms with Gasteiger partial charge in [-0.25, -0.2) is 0 Å². The lowest BCUT2D eigenvalue weighted by Crippen LogP contribution is -2.18. The van der Waals surface area contributed by atoms with Crippen molar-refractivity contribution in [1.82, 2.24) is 0 Å². The third-order valence-corrected chi connectivity index (χ3v) is 3.21. The van der Waals surface area contributed by atoms with E-state index in [1.54, 1.807) is 0 Å². The lowest BCUT2D eigenvalue weighted by Gasteiger charge is -2.25. The summed E-state index contributed by atoms with van der Waals surface area (Å²) in [4.78, 5) is 0. The van der Waals surface area contributed by atoms with Gasteiger partial charge in [0.05, 0.1) is 0 Å². The van der Waals surface area contributed by atoms with Gasteiger partial charge in [-0.1, -0.05) is 47.7 Å². The predicted molar refractivity (Wildman–Crippen MR) is 65.0 cm³/mol. The van der Waals surface area contributed by atoms with Crippen LogP contribution in [0.5, 0.6) is 0 Å². The summed E-state index contributed by atoms with van der Waals surface area (Å²) in [6, 6.07) is 8.05. The van der Waals surface area contributed by atoms with Crippen LogP contribution in [0, 0.1) is 6.92 Å². The molecule has 0 atom stereocenters.